The molecule has 6 nitrogen and oxygen atoms in total. The van der Waals surface area contributed by atoms with Crippen LogP contribution in [0.3, 0.4) is 0 Å². The number of methoxy groups -OCH3 is 1. The second-order valence-corrected chi connectivity index (χ2v) is 3.72. The standard InChI is InChI=1S/C6H10O2.C5H8O4/c7-6(8)5-3-1-2-4-5;1-4(6)9-5(7)3-8-2/h5H,1-4H2,(H,7,8);3H2,1-2H3. The first-order valence-electron chi connectivity index (χ1n) is 5.40. The zero-order valence-electron chi connectivity index (χ0n) is 10.1. The Balaban J connectivity index is 0.000000302. The molecule has 0 aromatic carbocycles. The van der Waals surface area contributed by atoms with Crippen molar-refractivity contribution >= 4 is 17.9 Å². The highest BCUT2D eigenvalue weighted by Gasteiger charge is 2.21. The number of hydrogen-bond donors (Lipinski definition) is 1. The van der Waals surface area contributed by atoms with Crippen molar-refractivity contribution in [1.29, 1.82) is 0 Å². The highest BCUT2D eigenvalue weighted by atomic mass is 16.6. The summed E-state index contributed by atoms with van der Waals surface area (Å²) in [5.74, 6) is -1.90. The maximum absolute atomic E-state index is 10.3. The van der Waals surface area contributed by atoms with Crippen LogP contribution in [0.5, 0.6) is 0 Å². The first-order chi connectivity index (χ1) is 7.97. The van der Waals surface area contributed by atoms with Gasteiger partial charge in [-0.15, -0.1) is 0 Å². The Bertz CT molecular complexity index is 267. The number of hydrogen-bond acceptors (Lipinski definition) is 5. The Morgan fingerprint density at radius 3 is 2.06 bits per heavy atom. The van der Waals surface area contributed by atoms with E-state index in [0.29, 0.717) is 0 Å². The summed E-state index contributed by atoms with van der Waals surface area (Å²) in [6.07, 6.45) is 4.01. The lowest BCUT2D eigenvalue weighted by atomic mass is 10.1. The van der Waals surface area contributed by atoms with Gasteiger partial charge in [0, 0.05) is 14.0 Å². The number of carbonyl (C=O) groups excluding carboxylic acids is 2. The van der Waals surface area contributed by atoms with Gasteiger partial charge in [0.1, 0.15) is 6.61 Å². The van der Waals surface area contributed by atoms with Crippen LogP contribution in [-0.2, 0) is 23.9 Å². The third-order valence-electron chi connectivity index (χ3n) is 2.22. The molecule has 17 heavy (non-hydrogen) atoms. The van der Waals surface area contributed by atoms with Crippen LogP contribution in [0.4, 0.5) is 0 Å². The predicted octanol–water partition coefficient (Wildman–Crippen LogP) is 0.984. The molecule has 0 aliphatic heterocycles. The largest absolute Gasteiger partial charge is 0.481 e. The lowest BCUT2D eigenvalue weighted by Gasteiger charge is -1.97. The molecule has 1 rings (SSSR count). The number of ether oxygens (including phenoxy) is 2. The van der Waals surface area contributed by atoms with E-state index in [9.17, 15) is 14.4 Å². The van der Waals surface area contributed by atoms with Crippen LogP contribution in [0.1, 0.15) is 32.6 Å². The summed E-state index contributed by atoms with van der Waals surface area (Å²) in [4.78, 5) is 30.5. The highest BCUT2D eigenvalue weighted by molar-refractivity contribution is 5.84. The van der Waals surface area contributed by atoms with Gasteiger partial charge in [-0.2, -0.15) is 0 Å². The number of esters is 2. The molecule has 0 radical (unpaired) electrons. The van der Waals surface area contributed by atoms with Crippen molar-refractivity contribution < 1.29 is 29.0 Å². The molecule has 0 aromatic heterocycles. The summed E-state index contributed by atoms with van der Waals surface area (Å²) >= 11 is 0. The summed E-state index contributed by atoms with van der Waals surface area (Å²) in [5, 5.41) is 8.41. The lowest BCUT2D eigenvalue weighted by Crippen LogP contribution is -2.13. The minimum Gasteiger partial charge on any atom is -0.481 e. The molecule has 0 amide bonds. The normalized spacial score (nSPS) is 14.7. The van der Waals surface area contributed by atoms with E-state index < -0.39 is 17.9 Å². The fraction of sp³-hybridized carbons (Fsp3) is 0.727. The predicted molar refractivity (Wildman–Crippen MR) is 58.2 cm³/mol. The molecular formula is C11H18O6. The first kappa shape index (κ1) is 15.6. The molecule has 1 N–H and O–H groups in total. The quantitative estimate of drug-likeness (QED) is 0.589. The van der Waals surface area contributed by atoms with E-state index in [1.165, 1.54) is 7.11 Å². The maximum atomic E-state index is 10.3. The van der Waals surface area contributed by atoms with E-state index in [2.05, 4.69) is 9.47 Å². The number of carbonyl (C=O) groups is 3. The molecule has 0 heterocycles. The van der Waals surface area contributed by atoms with Crippen LogP contribution in [-0.4, -0.2) is 36.7 Å². The minimum absolute atomic E-state index is 0.0185. The third kappa shape index (κ3) is 8.38. The number of carboxylic acids is 1. The van der Waals surface area contributed by atoms with Crippen molar-refractivity contribution in [2.45, 2.75) is 32.6 Å². The van der Waals surface area contributed by atoms with Crippen LogP contribution in [0.2, 0.25) is 0 Å². The second kappa shape index (κ2) is 8.69. The van der Waals surface area contributed by atoms with Gasteiger partial charge in [0.15, 0.2) is 0 Å². The lowest BCUT2D eigenvalue weighted by molar-refractivity contribution is -0.160. The van der Waals surface area contributed by atoms with Gasteiger partial charge in [0.25, 0.3) is 0 Å². The summed E-state index contributed by atoms with van der Waals surface area (Å²) in [7, 11) is 1.35. The van der Waals surface area contributed by atoms with E-state index in [-0.39, 0.29) is 12.5 Å². The minimum atomic E-state index is -0.662. The second-order valence-electron chi connectivity index (χ2n) is 3.72. The first-order valence-corrected chi connectivity index (χ1v) is 5.40. The van der Waals surface area contributed by atoms with Crippen LogP contribution < -0.4 is 0 Å². The average Bonchev–Trinajstić information content (AvgIpc) is 2.70. The van der Waals surface area contributed by atoms with Gasteiger partial charge in [-0.05, 0) is 12.8 Å². The van der Waals surface area contributed by atoms with Crippen LogP contribution >= 0.6 is 0 Å². The molecule has 0 aromatic rings. The fourth-order valence-electron chi connectivity index (χ4n) is 1.48. The molecule has 0 saturated heterocycles. The number of aliphatic carboxylic acids is 1. The Morgan fingerprint density at radius 1 is 1.24 bits per heavy atom. The van der Waals surface area contributed by atoms with Crippen molar-refractivity contribution in [1.82, 2.24) is 0 Å². The Kier molecular flexibility index (Phi) is 7.96. The van der Waals surface area contributed by atoms with Gasteiger partial charge in [0.05, 0.1) is 5.92 Å². The summed E-state index contributed by atoms with van der Waals surface area (Å²) in [6, 6.07) is 0. The van der Waals surface area contributed by atoms with Crippen molar-refractivity contribution in [2.24, 2.45) is 5.92 Å². The molecule has 6 heteroatoms. The zero-order chi connectivity index (χ0) is 13.3. The van der Waals surface area contributed by atoms with Crippen molar-refractivity contribution in [2.75, 3.05) is 13.7 Å². The van der Waals surface area contributed by atoms with Crippen LogP contribution in [0, 0.1) is 5.92 Å². The molecule has 1 fully saturated rings. The van der Waals surface area contributed by atoms with Crippen LogP contribution in [0.15, 0.2) is 0 Å². The molecule has 0 atom stereocenters. The van der Waals surface area contributed by atoms with Crippen molar-refractivity contribution in [3.63, 3.8) is 0 Å². The Labute approximate surface area is 99.9 Å². The Morgan fingerprint density at radius 2 is 1.76 bits per heavy atom. The summed E-state index contributed by atoms with van der Waals surface area (Å²) < 4.78 is 8.47. The van der Waals surface area contributed by atoms with Gasteiger partial charge in [-0.1, -0.05) is 12.8 Å². The van der Waals surface area contributed by atoms with E-state index in [1.54, 1.807) is 0 Å². The molecular weight excluding hydrogens is 228 g/mol. The summed E-state index contributed by atoms with van der Waals surface area (Å²) in [5.41, 5.74) is 0. The van der Waals surface area contributed by atoms with Gasteiger partial charge in [0.2, 0.25) is 0 Å². The molecule has 1 aliphatic rings. The van der Waals surface area contributed by atoms with E-state index >= 15 is 0 Å². The molecule has 0 unspecified atom stereocenters. The third-order valence-corrected chi connectivity index (χ3v) is 2.22. The zero-order valence-corrected chi connectivity index (χ0v) is 10.1. The van der Waals surface area contributed by atoms with Gasteiger partial charge in [-0.25, -0.2) is 4.79 Å². The maximum Gasteiger partial charge on any atom is 0.339 e. The monoisotopic (exact) mass is 246 g/mol. The molecule has 98 valence electrons. The SMILES string of the molecule is COCC(=O)OC(C)=O.O=C(O)C1CCCC1. The number of rotatable bonds is 3. The molecule has 1 aliphatic carbocycles. The van der Waals surface area contributed by atoms with E-state index in [4.69, 9.17) is 5.11 Å². The van der Waals surface area contributed by atoms with Gasteiger partial charge in [-0.3, -0.25) is 9.59 Å². The van der Waals surface area contributed by atoms with E-state index in [0.717, 1.165) is 32.6 Å². The van der Waals surface area contributed by atoms with E-state index in [1.807, 2.05) is 0 Å². The molecule has 0 bridgehead atoms. The summed E-state index contributed by atoms with van der Waals surface area (Å²) in [6.45, 7) is 0.979. The number of carboxylic acid groups (broad SMARTS) is 1. The topological polar surface area (TPSA) is 89.9 Å². The van der Waals surface area contributed by atoms with Crippen LogP contribution in [0.25, 0.3) is 0 Å². The van der Waals surface area contributed by atoms with Crippen molar-refractivity contribution in [3.05, 3.63) is 0 Å². The average molecular weight is 246 g/mol. The van der Waals surface area contributed by atoms with Gasteiger partial charge >= 0.3 is 17.9 Å². The molecule has 0 spiro atoms. The smallest absolute Gasteiger partial charge is 0.339 e. The highest BCUT2D eigenvalue weighted by Crippen LogP contribution is 2.24. The fourth-order valence-corrected chi connectivity index (χ4v) is 1.48. The Hall–Kier alpha value is -1.43. The van der Waals surface area contributed by atoms with Crippen molar-refractivity contribution in [3.8, 4) is 0 Å². The molecule has 1 saturated carbocycles. The van der Waals surface area contributed by atoms with Gasteiger partial charge < -0.3 is 14.6 Å².